The molecule has 0 atom stereocenters. The topological polar surface area (TPSA) is 81.6 Å². The van der Waals surface area contributed by atoms with Crippen LogP contribution in [0.15, 0.2) is 60.9 Å². The number of aromatic nitrogens is 2. The van der Waals surface area contributed by atoms with Gasteiger partial charge in [-0.3, -0.25) is 20.1 Å². The second kappa shape index (κ2) is 10.6. The van der Waals surface area contributed by atoms with Gasteiger partial charge in [0.25, 0.3) is 0 Å². The number of piperidine rings is 1. The lowest BCUT2D eigenvalue weighted by Gasteiger charge is -2.38. The number of hydroxylamine groups is 1. The van der Waals surface area contributed by atoms with Crippen molar-refractivity contribution >= 4 is 6.03 Å². The van der Waals surface area contributed by atoms with Crippen LogP contribution >= 0.6 is 0 Å². The maximum Gasteiger partial charge on any atom is 0.341 e. The number of hydrogen-bond acceptors (Lipinski definition) is 5. The molecule has 1 saturated heterocycles. The molecule has 2 N–H and O–H groups in total. The van der Waals surface area contributed by atoms with Crippen molar-refractivity contribution in [3.8, 4) is 11.1 Å². The summed E-state index contributed by atoms with van der Waals surface area (Å²) in [5.74, 6) is 0. The molecule has 1 aliphatic rings. The normalized spacial score (nSPS) is 14.5. The van der Waals surface area contributed by atoms with Crippen molar-refractivity contribution in [3.63, 3.8) is 0 Å². The number of urea groups is 1. The number of hydrogen-bond donors (Lipinski definition) is 2. The molecule has 7 nitrogen and oxygen atoms in total. The molecule has 2 amide bonds. The van der Waals surface area contributed by atoms with Crippen LogP contribution < -0.4 is 5.48 Å². The fourth-order valence-corrected chi connectivity index (χ4v) is 4.56. The highest BCUT2D eigenvalue weighted by molar-refractivity contribution is 5.72. The molecular weight excluding hydrogens is 414 g/mol. The third kappa shape index (κ3) is 5.56. The van der Waals surface area contributed by atoms with Crippen LogP contribution in [0.2, 0.25) is 0 Å². The first-order chi connectivity index (χ1) is 16.0. The monoisotopic (exact) mass is 445 g/mol. The van der Waals surface area contributed by atoms with Crippen molar-refractivity contribution in [2.24, 2.45) is 0 Å². The van der Waals surface area contributed by atoms with E-state index in [1.807, 2.05) is 36.7 Å². The zero-order valence-corrected chi connectivity index (χ0v) is 19.2. The Kier molecular flexibility index (Phi) is 7.32. The van der Waals surface area contributed by atoms with Gasteiger partial charge in [0.1, 0.15) is 0 Å². The molecule has 1 aromatic carbocycles. The van der Waals surface area contributed by atoms with Crippen molar-refractivity contribution < 1.29 is 10.0 Å². The van der Waals surface area contributed by atoms with Crippen LogP contribution in [-0.2, 0) is 13.1 Å². The van der Waals surface area contributed by atoms with E-state index >= 15 is 0 Å². The van der Waals surface area contributed by atoms with Crippen molar-refractivity contribution in [2.45, 2.75) is 45.8 Å². The van der Waals surface area contributed by atoms with Crippen LogP contribution in [0.1, 0.15) is 35.4 Å². The lowest BCUT2D eigenvalue weighted by atomic mass is 10.00. The van der Waals surface area contributed by atoms with Gasteiger partial charge in [-0.1, -0.05) is 42.5 Å². The van der Waals surface area contributed by atoms with Crippen LogP contribution in [-0.4, -0.2) is 50.1 Å². The summed E-state index contributed by atoms with van der Waals surface area (Å²) in [4.78, 5) is 25.4. The zero-order valence-electron chi connectivity index (χ0n) is 19.2. The summed E-state index contributed by atoms with van der Waals surface area (Å²) in [7, 11) is 0. The predicted octanol–water partition coefficient (Wildman–Crippen LogP) is 4.33. The van der Waals surface area contributed by atoms with E-state index in [9.17, 15) is 4.79 Å². The Labute approximate surface area is 195 Å². The van der Waals surface area contributed by atoms with Crippen molar-refractivity contribution in [3.05, 3.63) is 83.4 Å². The minimum atomic E-state index is -0.438. The maximum absolute atomic E-state index is 11.8. The summed E-state index contributed by atoms with van der Waals surface area (Å²) in [5, 5.41) is 8.98. The summed E-state index contributed by atoms with van der Waals surface area (Å²) in [6.45, 7) is 6.77. The molecular formula is C26H31N5O2. The van der Waals surface area contributed by atoms with E-state index in [0.29, 0.717) is 26.2 Å². The minimum Gasteiger partial charge on any atom is -0.323 e. The lowest BCUT2D eigenvalue weighted by Crippen LogP contribution is -2.48. The summed E-state index contributed by atoms with van der Waals surface area (Å²) >= 11 is 0. The minimum absolute atomic E-state index is 0.279. The number of nitrogens with one attached hydrogen (secondary N) is 1. The highest BCUT2D eigenvalue weighted by Crippen LogP contribution is 2.27. The number of nitrogens with zero attached hydrogens (tertiary/aromatic N) is 4. The van der Waals surface area contributed by atoms with Gasteiger partial charge >= 0.3 is 6.03 Å². The number of rotatable bonds is 6. The molecule has 0 radical (unpaired) electrons. The van der Waals surface area contributed by atoms with E-state index in [1.54, 1.807) is 10.4 Å². The second-order valence-corrected chi connectivity index (χ2v) is 8.68. The standard InChI is InChI=1S/C26H31N5O2/c1-19-15-20(2)24(28-16-19)17-31(22-10-13-30(14-11-22)26(32)29-33)18-25-23(9-6-12-27-25)21-7-4-3-5-8-21/h3-9,12,15-16,22,33H,10-11,13-14,17-18H2,1-2H3,(H,29,32). The first kappa shape index (κ1) is 22.9. The maximum atomic E-state index is 11.8. The molecule has 3 heterocycles. The molecule has 1 aliphatic heterocycles. The molecule has 7 heteroatoms. The molecule has 0 aliphatic carbocycles. The molecule has 0 bridgehead atoms. The molecule has 0 spiro atoms. The Morgan fingerprint density at radius 2 is 1.79 bits per heavy atom. The van der Waals surface area contributed by atoms with Crippen molar-refractivity contribution in [1.29, 1.82) is 0 Å². The Hall–Kier alpha value is -3.29. The van der Waals surface area contributed by atoms with Crippen LogP contribution in [0, 0.1) is 13.8 Å². The average molecular weight is 446 g/mol. The van der Waals surface area contributed by atoms with Gasteiger partial charge in [-0.25, -0.2) is 10.3 Å². The summed E-state index contributed by atoms with van der Waals surface area (Å²) < 4.78 is 0. The van der Waals surface area contributed by atoms with Crippen LogP contribution in [0.25, 0.3) is 11.1 Å². The van der Waals surface area contributed by atoms with E-state index < -0.39 is 6.03 Å². The fraction of sp³-hybridized carbons (Fsp3) is 0.346. The van der Waals surface area contributed by atoms with Crippen LogP contribution in [0.5, 0.6) is 0 Å². The number of amides is 2. The molecule has 3 aromatic rings. The zero-order chi connectivity index (χ0) is 23.2. The highest BCUT2D eigenvalue weighted by Gasteiger charge is 2.28. The molecule has 4 rings (SSSR count). The average Bonchev–Trinajstić information content (AvgIpc) is 2.85. The van der Waals surface area contributed by atoms with Gasteiger partial charge in [0.2, 0.25) is 0 Å². The molecule has 1 fully saturated rings. The number of carbonyl (C=O) groups is 1. The smallest absolute Gasteiger partial charge is 0.323 e. The molecule has 0 saturated carbocycles. The SMILES string of the molecule is Cc1cnc(CN(Cc2ncccc2-c2ccccc2)C2CCN(C(=O)NO)CC2)c(C)c1. The van der Waals surface area contributed by atoms with E-state index in [2.05, 4.69) is 43.0 Å². The third-order valence-electron chi connectivity index (χ3n) is 6.37. The fourth-order valence-electron chi connectivity index (χ4n) is 4.56. The van der Waals surface area contributed by atoms with Crippen molar-refractivity contribution in [2.75, 3.05) is 13.1 Å². The van der Waals surface area contributed by atoms with Gasteiger partial charge < -0.3 is 4.90 Å². The van der Waals surface area contributed by atoms with E-state index in [1.165, 1.54) is 5.56 Å². The number of benzene rings is 1. The van der Waals surface area contributed by atoms with E-state index in [4.69, 9.17) is 15.2 Å². The number of pyridine rings is 2. The van der Waals surface area contributed by atoms with Gasteiger partial charge in [-0.15, -0.1) is 0 Å². The Morgan fingerprint density at radius 1 is 1.06 bits per heavy atom. The predicted molar refractivity (Wildman–Crippen MR) is 128 cm³/mol. The van der Waals surface area contributed by atoms with E-state index in [0.717, 1.165) is 40.9 Å². The van der Waals surface area contributed by atoms with Gasteiger partial charge in [-0.2, -0.15) is 0 Å². The van der Waals surface area contributed by atoms with Crippen LogP contribution in [0.4, 0.5) is 4.79 Å². The van der Waals surface area contributed by atoms with Crippen molar-refractivity contribution in [1.82, 2.24) is 25.2 Å². The Morgan fingerprint density at radius 3 is 2.48 bits per heavy atom. The number of aryl methyl sites for hydroxylation is 2. The molecule has 0 unspecified atom stereocenters. The largest absolute Gasteiger partial charge is 0.341 e. The third-order valence-corrected chi connectivity index (χ3v) is 6.37. The quantitative estimate of drug-likeness (QED) is 0.436. The Balaban J connectivity index is 1.61. The number of carbonyl (C=O) groups excluding carboxylic acids is 1. The number of likely N-dealkylation sites (tertiary alicyclic amines) is 1. The van der Waals surface area contributed by atoms with Crippen LogP contribution in [0.3, 0.4) is 0 Å². The van der Waals surface area contributed by atoms with Gasteiger partial charge in [0.15, 0.2) is 0 Å². The Bertz CT molecular complexity index is 1080. The molecule has 172 valence electrons. The summed E-state index contributed by atoms with van der Waals surface area (Å²) in [6, 6.07) is 16.5. The van der Waals surface area contributed by atoms with Gasteiger partial charge in [0, 0.05) is 50.2 Å². The van der Waals surface area contributed by atoms with Gasteiger partial charge in [0.05, 0.1) is 11.4 Å². The van der Waals surface area contributed by atoms with E-state index in [-0.39, 0.29) is 6.04 Å². The first-order valence-electron chi connectivity index (χ1n) is 11.4. The highest BCUT2D eigenvalue weighted by atomic mass is 16.5. The second-order valence-electron chi connectivity index (χ2n) is 8.68. The van der Waals surface area contributed by atoms with Gasteiger partial charge in [-0.05, 0) is 49.4 Å². The first-order valence-corrected chi connectivity index (χ1v) is 11.4. The lowest BCUT2D eigenvalue weighted by molar-refractivity contribution is 0.0853. The summed E-state index contributed by atoms with van der Waals surface area (Å²) in [5.41, 5.74) is 8.47. The summed E-state index contributed by atoms with van der Waals surface area (Å²) in [6.07, 6.45) is 5.42. The molecule has 33 heavy (non-hydrogen) atoms. The molecule has 2 aromatic heterocycles.